The van der Waals surface area contributed by atoms with Crippen molar-refractivity contribution in [2.75, 3.05) is 7.11 Å². The molecule has 2 aromatic heterocycles. The van der Waals surface area contributed by atoms with Gasteiger partial charge in [-0.15, -0.1) is 11.3 Å². The molecule has 0 saturated carbocycles. The second-order valence-corrected chi connectivity index (χ2v) is 7.62. The molecule has 4 aromatic rings. The van der Waals surface area contributed by atoms with Crippen LogP contribution in [-0.4, -0.2) is 12.1 Å². The molecule has 0 saturated heterocycles. The zero-order chi connectivity index (χ0) is 18.6. The standard InChI is InChI=1S/C22H22N3OS/c1-26-18-7-8-20-21(14-18)27-22(24-20)19(23)13-16-9-11-25(12-10-16)15-17-5-3-2-4-6-17/h2-12,14,19H,13,15,23H2,1H3/q+1. The van der Waals surface area contributed by atoms with Crippen molar-refractivity contribution < 1.29 is 9.30 Å². The van der Waals surface area contributed by atoms with E-state index >= 15 is 0 Å². The van der Waals surface area contributed by atoms with Crippen LogP contribution in [0.15, 0.2) is 73.1 Å². The van der Waals surface area contributed by atoms with Gasteiger partial charge in [-0.1, -0.05) is 30.3 Å². The van der Waals surface area contributed by atoms with E-state index in [1.165, 1.54) is 11.1 Å². The second-order valence-electron chi connectivity index (χ2n) is 6.56. The molecule has 0 aliphatic carbocycles. The molecule has 4 rings (SSSR count). The first kappa shape index (κ1) is 17.6. The second kappa shape index (κ2) is 7.86. The summed E-state index contributed by atoms with van der Waals surface area (Å²) in [7, 11) is 1.67. The number of aromatic nitrogens is 2. The third-order valence-corrected chi connectivity index (χ3v) is 5.70. The fourth-order valence-electron chi connectivity index (χ4n) is 3.07. The Morgan fingerprint density at radius 2 is 1.81 bits per heavy atom. The van der Waals surface area contributed by atoms with Gasteiger partial charge in [-0.3, -0.25) is 0 Å². The molecule has 0 radical (unpaired) electrons. The Hall–Kier alpha value is -2.76. The number of methoxy groups -OCH3 is 1. The number of rotatable bonds is 6. The molecule has 0 aliphatic rings. The van der Waals surface area contributed by atoms with E-state index in [9.17, 15) is 0 Å². The summed E-state index contributed by atoms with van der Waals surface area (Å²) < 4.78 is 8.57. The highest BCUT2D eigenvalue weighted by Gasteiger charge is 2.14. The molecule has 2 aromatic carbocycles. The predicted octanol–water partition coefficient (Wildman–Crippen LogP) is 3.88. The molecular weight excluding hydrogens is 354 g/mol. The van der Waals surface area contributed by atoms with Gasteiger partial charge in [-0.25, -0.2) is 9.55 Å². The van der Waals surface area contributed by atoms with Crippen LogP contribution < -0.4 is 15.0 Å². The summed E-state index contributed by atoms with van der Waals surface area (Å²) in [5.41, 5.74) is 9.91. The predicted molar refractivity (Wildman–Crippen MR) is 109 cm³/mol. The molecule has 27 heavy (non-hydrogen) atoms. The lowest BCUT2D eigenvalue weighted by atomic mass is 10.1. The average Bonchev–Trinajstić information content (AvgIpc) is 3.13. The number of nitrogens with zero attached hydrogens (tertiary/aromatic N) is 2. The number of fused-ring (bicyclic) bond motifs is 1. The summed E-state index contributed by atoms with van der Waals surface area (Å²) in [4.78, 5) is 4.69. The van der Waals surface area contributed by atoms with Gasteiger partial charge in [0.15, 0.2) is 18.9 Å². The van der Waals surface area contributed by atoms with Crippen molar-refractivity contribution in [1.82, 2.24) is 4.98 Å². The molecule has 4 nitrogen and oxygen atoms in total. The number of pyridine rings is 1. The van der Waals surface area contributed by atoms with Crippen molar-refractivity contribution in [3.8, 4) is 5.75 Å². The zero-order valence-corrected chi connectivity index (χ0v) is 16.0. The summed E-state index contributed by atoms with van der Waals surface area (Å²) >= 11 is 1.64. The van der Waals surface area contributed by atoms with E-state index in [2.05, 4.69) is 53.4 Å². The molecule has 0 fully saturated rings. The molecule has 0 aliphatic heterocycles. The summed E-state index contributed by atoms with van der Waals surface area (Å²) in [6.07, 6.45) is 4.99. The minimum Gasteiger partial charge on any atom is -0.497 e. The zero-order valence-electron chi connectivity index (χ0n) is 15.2. The Morgan fingerprint density at radius 3 is 2.56 bits per heavy atom. The molecule has 0 amide bonds. The Morgan fingerprint density at radius 1 is 1.04 bits per heavy atom. The largest absolute Gasteiger partial charge is 0.497 e. The van der Waals surface area contributed by atoms with Crippen molar-refractivity contribution in [1.29, 1.82) is 0 Å². The first-order chi connectivity index (χ1) is 13.2. The average molecular weight is 377 g/mol. The van der Waals surface area contributed by atoms with Gasteiger partial charge in [0.25, 0.3) is 0 Å². The number of nitrogens with two attached hydrogens (primary N) is 1. The molecule has 0 bridgehead atoms. The van der Waals surface area contributed by atoms with Crippen LogP contribution in [0, 0.1) is 0 Å². The molecule has 2 N–H and O–H groups in total. The van der Waals surface area contributed by atoms with Crippen LogP contribution in [0.1, 0.15) is 22.2 Å². The van der Waals surface area contributed by atoms with E-state index in [1.807, 2.05) is 24.3 Å². The first-order valence-electron chi connectivity index (χ1n) is 8.93. The minimum atomic E-state index is -0.113. The van der Waals surface area contributed by atoms with Crippen LogP contribution in [0.2, 0.25) is 0 Å². The van der Waals surface area contributed by atoms with Crippen LogP contribution in [0.25, 0.3) is 10.2 Å². The topological polar surface area (TPSA) is 52.0 Å². The highest BCUT2D eigenvalue weighted by molar-refractivity contribution is 7.18. The smallest absolute Gasteiger partial charge is 0.173 e. The van der Waals surface area contributed by atoms with Crippen LogP contribution in [-0.2, 0) is 13.0 Å². The third-order valence-electron chi connectivity index (χ3n) is 4.55. The number of ether oxygens (including phenoxy) is 1. The monoisotopic (exact) mass is 376 g/mol. The van der Waals surface area contributed by atoms with E-state index < -0.39 is 0 Å². The lowest BCUT2D eigenvalue weighted by molar-refractivity contribution is -0.688. The van der Waals surface area contributed by atoms with Gasteiger partial charge in [-0.2, -0.15) is 0 Å². The van der Waals surface area contributed by atoms with Gasteiger partial charge in [0.1, 0.15) is 10.8 Å². The molecule has 2 heterocycles. The number of hydrogen-bond donors (Lipinski definition) is 1. The third kappa shape index (κ3) is 4.15. The Kier molecular flexibility index (Phi) is 5.14. The highest BCUT2D eigenvalue weighted by atomic mass is 32.1. The van der Waals surface area contributed by atoms with Crippen LogP contribution in [0.5, 0.6) is 5.75 Å². The summed E-state index contributed by atoms with van der Waals surface area (Å²) in [6, 6.07) is 20.5. The van der Waals surface area contributed by atoms with E-state index in [0.717, 1.165) is 33.9 Å². The Labute approximate surface area is 162 Å². The number of hydrogen-bond acceptors (Lipinski definition) is 4. The van der Waals surface area contributed by atoms with Gasteiger partial charge in [0.05, 0.1) is 23.4 Å². The summed E-state index contributed by atoms with van der Waals surface area (Å²) in [5, 5.41) is 0.958. The van der Waals surface area contributed by atoms with E-state index in [1.54, 1.807) is 18.4 Å². The van der Waals surface area contributed by atoms with E-state index in [4.69, 9.17) is 15.5 Å². The van der Waals surface area contributed by atoms with Gasteiger partial charge >= 0.3 is 0 Å². The van der Waals surface area contributed by atoms with Crippen molar-refractivity contribution in [2.45, 2.75) is 19.0 Å². The maximum absolute atomic E-state index is 6.43. The summed E-state index contributed by atoms with van der Waals surface area (Å²) in [5.74, 6) is 0.845. The van der Waals surface area contributed by atoms with Crippen molar-refractivity contribution in [2.24, 2.45) is 5.73 Å². The molecule has 136 valence electrons. The Bertz CT molecular complexity index is 1030. The van der Waals surface area contributed by atoms with Crippen molar-refractivity contribution in [3.63, 3.8) is 0 Å². The van der Waals surface area contributed by atoms with Gasteiger partial charge in [0.2, 0.25) is 0 Å². The van der Waals surface area contributed by atoms with Crippen molar-refractivity contribution in [3.05, 3.63) is 89.2 Å². The number of thiazole rings is 1. The molecule has 1 atom stereocenters. The first-order valence-corrected chi connectivity index (χ1v) is 9.75. The molecule has 1 unspecified atom stereocenters. The normalized spacial score (nSPS) is 12.2. The SMILES string of the molecule is COc1ccc2nc(C(N)Cc3cc[n+](Cc4ccccc4)cc3)sc2c1. The fraction of sp³-hybridized carbons (Fsp3) is 0.182. The van der Waals surface area contributed by atoms with Crippen molar-refractivity contribution >= 4 is 21.6 Å². The lowest BCUT2D eigenvalue weighted by Crippen LogP contribution is -2.33. The lowest BCUT2D eigenvalue weighted by Gasteiger charge is -2.07. The molecule has 5 heteroatoms. The molecular formula is C22H22N3OS+. The maximum atomic E-state index is 6.43. The van der Waals surface area contributed by atoms with E-state index in [0.29, 0.717) is 0 Å². The minimum absolute atomic E-state index is 0.113. The van der Waals surface area contributed by atoms with Crippen LogP contribution in [0.4, 0.5) is 0 Å². The van der Waals surface area contributed by atoms with Gasteiger partial charge in [-0.05, 0) is 30.2 Å². The fourth-order valence-corrected chi connectivity index (χ4v) is 4.07. The maximum Gasteiger partial charge on any atom is 0.173 e. The highest BCUT2D eigenvalue weighted by Crippen LogP contribution is 2.29. The quantitative estimate of drug-likeness (QED) is 0.520. The van der Waals surface area contributed by atoms with Gasteiger partial charge in [0, 0.05) is 17.7 Å². The van der Waals surface area contributed by atoms with Gasteiger partial charge < -0.3 is 10.5 Å². The molecule has 0 spiro atoms. The van der Waals surface area contributed by atoms with E-state index in [-0.39, 0.29) is 6.04 Å². The number of benzene rings is 2. The van der Waals surface area contributed by atoms with Crippen LogP contribution in [0.3, 0.4) is 0 Å². The van der Waals surface area contributed by atoms with Crippen LogP contribution >= 0.6 is 11.3 Å². The Balaban J connectivity index is 1.45. The summed E-state index contributed by atoms with van der Waals surface area (Å²) in [6.45, 7) is 0.868.